The van der Waals surface area contributed by atoms with Gasteiger partial charge in [0.15, 0.2) is 6.61 Å². The number of rotatable bonds is 6. The van der Waals surface area contributed by atoms with Crippen LogP contribution in [0.15, 0.2) is 67.0 Å². The molecular weight excluding hydrogens is 338 g/mol. The predicted octanol–water partition coefficient (Wildman–Crippen LogP) is 4.25. The van der Waals surface area contributed by atoms with Gasteiger partial charge >= 0.3 is 0 Å². The molecule has 1 amide bonds. The lowest BCUT2D eigenvalue weighted by Gasteiger charge is -2.22. The van der Waals surface area contributed by atoms with Gasteiger partial charge in [-0.1, -0.05) is 51.1 Å². The van der Waals surface area contributed by atoms with E-state index in [0.29, 0.717) is 6.54 Å². The topological polar surface area (TPSA) is 56.1 Å². The number of carbonyl (C=O) groups is 1. The van der Waals surface area contributed by atoms with Crippen molar-refractivity contribution in [1.29, 1.82) is 0 Å². The van der Waals surface area contributed by atoms with Gasteiger partial charge in [-0.3, -0.25) is 9.48 Å². The molecule has 5 heteroatoms. The quantitative estimate of drug-likeness (QED) is 0.712. The smallest absolute Gasteiger partial charge is 0.262 e. The number of carbonyl (C=O) groups excluding carboxylic acids is 1. The number of anilines is 1. The minimum absolute atomic E-state index is 0.0313. The molecular formula is C22H25N3O2. The molecule has 1 N–H and O–H groups in total. The van der Waals surface area contributed by atoms with E-state index in [0.717, 1.165) is 22.6 Å². The minimum atomic E-state index is -0.185. The van der Waals surface area contributed by atoms with E-state index in [1.165, 1.54) is 0 Å². The van der Waals surface area contributed by atoms with Gasteiger partial charge in [-0.05, 0) is 40.8 Å². The SMILES string of the molecule is CC(C)(C)c1ccccc1OCC(=O)Nc1cccc(Cn2cccn2)c1. The monoisotopic (exact) mass is 363 g/mol. The van der Waals surface area contributed by atoms with Crippen LogP contribution in [0.2, 0.25) is 0 Å². The van der Waals surface area contributed by atoms with Crippen LogP contribution < -0.4 is 10.1 Å². The summed E-state index contributed by atoms with van der Waals surface area (Å²) >= 11 is 0. The second-order valence-corrected chi connectivity index (χ2v) is 7.49. The Morgan fingerprint density at radius 1 is 1.11 bits per heavy atom. The van der Waals surface area contributed by atoms with E-state index in [4.69, 9.17) is 4.74 Å². The normalized spacial score (nSPS) is 11.2. The molecule has 0 aliphatic carbocycles. The maximum atomic E-state index is 12.3. The van der Waals surface area contributed by atoms with E-state index in [1.807, 2.05) is 65.5 Å². The van der Waals surface area contributed by atoms with Crippen LogP contribution in [0.1, 0.15) is 31.9 Å². The summed E-state index contributed by atoms with van der Waals surface area (Å²) in [5.74, 6) is 0.558. The molecule has 0 spiro atoms. The standard InChI is InChI=1S/C22H25N3O2/c1-22(2,3)19-10-4-5-11-20(19)27-16-21(26)24-18-9-6-8-17(14-18)15-25-13-7-12-23-25/h4-14H,15-16H2,1-3H3,(H,24,26). The fraction of sp³-hybridized carbons (Fsp3) is 0.273. The largest absolute Gasteiger partial charge is 0.483 e. The Morgan fingerprint density at radius 2 is 1.93 bits per heavy atom. The molecule has 0 aliphatic rings. The average Bonchev–Trinajstić information content (AvgIpc) is 3.13. The van der Waals surface area contributed by atoms with Gasteiger partial charge in [-0.25, -0.2) is 0 Å². The molecule has 0 saturated heterocycles. The van der Waals surface area contributed by atoms with Gasteiger partial charge in [0, 0.05) is 18.1 Å². The van der Waals surface area contributed by atoms with Crippen molar-refractivity contribution >= 4 is 11.6 Å². The van der Waals surface area contributed by atoms with Gasteiger partial charge in [-0.2, -0.15) is 5.10 Å². The summed E-state index contributed by atoms with van der Waals surface area (Å²) in [5, 5.41) is 7.10. The molecule has 0 bridgehead atoms. The number of aromatic nitrogens is 2. The molecule has 1 heterocycles. The zero-order valence-corrected chi connectivity index (χ0v) is 16.0. The predicted molar refractivity (Wildman–Crippen MR) is 107 cm³/mol. The van der Waals surface area contributed by atoms with Gasteiger partial charge in [-0.15, -0.1) is 0 Å². The number of nitrogens with one attached hydrogen (secondary N) is 1. The summed E-state index contributed by atoms with van der Waals surface area (Å²) in [5.41, 5.74) is 2.85. The molecule has 0 fully saturated rings. The Morgan fingerprint density at radius 3 is 2.67 bits per heavy atom. The first-order chi connectivity index (χ1) is 12.9. The summed E-state index contributed by atoms with van der Waals surface area (Å²) in [6.07, 6.45) is 3.66. The molecule has 0 unspecified atom stereocenters. The second kappa shape index (κ2) is 8.08. The molecule has 140 valence electrons. The van der Waals surface area contributed by atoms with Crippen molar-refractivity contribution in [2.45, 2.75) is 32.7 Å². The highest BCUT2D eigenvalue weighted by Gasteiger charge is 2.18. The lowest BCUT2D eigenvalue weighted by molar-refractivity contribution is -0.118. The molecule has 5 nitrogen and oxygen atoms in total. The highest BCUT2D eigenvalue weighted by molar-refractivity contribution is 5.91. The van der Waals surface area contributed by atoms with Crippen molar-refractivity contribution in [3.63, 3.8) is 0 Å². The van der Waals surface area contributed by atoms with Crippen LogP contribution in [0, 0.1) is 0 Å². The number of benzene rings is 2. The van der Waals surface area contributed by atoms with Gasteiger partial charge in [0.25, 0.3) is 5.91 Å². The third-order valence-corrected chi connectivity index (χ3v) is 4.17. The van der Waals surface area contributed by atoms with Crippen LogP contribution in [0.25, 0.3) is 0 Å². The van der Waals surface area contributed by atoms with Crippen LogP contribution in [0.3, 0.4) is 0 Å². The lowest BCUT2D eigenvalue weighted by Crippen LogP contribution is -2.22. The first kappa shape index (κ1) is 18.7. The average molecular weight is 363 g/mol. The van der Waals surface area contributed by atoms with Crippen molar-refractivity contribution in [3.8, 4) is 5.75 Å². The zero-order valence-electron chi connectivity index (χ0n) is 16.0. The van der Waals surface area contributed by atoms with Gasteiger partial charge < -0.3 is 10.1 Å². The Bertz CT molecular complexity index is 896. The molecule has 3 rings (SSSR count). The number of ether oxygens (including phenoxy) is 1. The molecule has 3 aromatic rings. The third-order valence-electron chi connectivity index (χ3n) is 4.17. The number of hydrogen-bond donors (Lipinski definition) is 1. The number of para-hydroxylation sites is 1. The van der Waals surface area contributed by atoms with Crippen LogP contribution >= 0.6 is 0 Å². The second-order valence-electron chi connectivity index (χ2n) is 7.49. The summed E-state index contributed by atoms with van der Waals surface area (Å²) in [4.78, 5) is 12.3. The molecule has 0 saturated carbocycles. The molecule has 27 heavy (non-hydrogen) atoms. The highest BCUT2D eigenvalue weighted by atomic mass is 16.5. The summed E-state index contributed by atoms with van der Waals surface area (Å²) in [6, 6.07) is 17.5. The number of nitrogens with zero attached hydrogens (tertiary/aromatic N) is 2. The van der Waals surface area contributed by atoms with Crippen LogP contribution in [-0.4, -0.2) is 22.3 Å². The van der Waals surface area contributed by atoms with E-state index < -0.39 is 0 Å². The Balaban J connectivity index is 1.60. The maximum Gasteiger partial charge on any atom is 0.262 e. The van der Waals surface area contributed by atoms with Crippen molar-refractivity contribution < 1.29 is 9.53 Å². The molecule has 2 aromatic carbocycles. The minimum Gasteiger partial charge on any atom is -0.483 e. The van der Waals surface area contributed by atoms with E-state index >= 15 is 0 Å². The lowest BCUT2D eigenvalue weighted by atomic mass is 9.86. The number of amides is 1. The first-order valence-electron chi connectivity index (χ1n) is 9.00. The first-order valence-corrected chi connectivity index (χ1v) is 9.00. The Hall–Kier alpha value is -3.08. The Kier molecular flexibility index (Phi) is 5.60. The highest BCUT2D eigenvalue weighted by Crippen LogP contribution is 2.30. The summed E-state index contributed by atoms with van der Waals surface area (Å²) in [6.45, 7) is 7.00. The zero-order chi connectivity index (χ0) is 19.3. The fourth-order valence-corrected chi connectivity index (χ4v) is 2.88. The Labute approximate surface area is 160 Å². The van der Waals surface area contributed by atoms with Crippen LogP contribution in [0.4, 0.5) is 5.69 Å². The third kappa shape index (κ3) is 5.20. The molecule has 0 radical (unpaired) electrons. The molecule has 0 aliphatic heterocycles. The summed E-state index contributed by atoms with van der Waals surface area (Å²) in [7, 11) is 0. The van der Waals surface area contributed by atoms with Crippen molar-refractivity contribution in [2.75, 3.05) is 11.9 Å². The van der Waals surface area contributed by atoms with Crippen molar-refractivity contribution in [2.24, 2.45) is 0 Å². The van der Waals surface area contributed by atoms with Crippen LogP contribution in [0.5, 0.6) is 5.75 Å². The van der Waals surface area contributed by atoms with Crippen molar-refractivity contribution in [3.05, 3.63) is 78.1 Å². The van der Waals surface area contributed by atoms with Gasteiger partial charge in [0.2, 0.25) is 0 Å². The van der Waals surface area contributed by atoms with E-state index in [-0.39, 0.29) is 17.9 Å². The fourth-order valence-electron chi connectivity index (χ4n) is 2.88. The van der Waals surface area contributed by atoms with Crippen LogP contribution in [-0.2, 0) is 16.8 Å². The molecule has 0 atom stereocenters. The van der Waals surface area contributed by atoms with Gasteiger partial charge in [0.1, 0.15) is 5.75 Å². The number of hydrogen-bond acceptors (Lipinski definition) is 3. The maximum absolute atomic E-state index is 12.3. The summed E-state index contributed by atoms with van der Waals surface area (Å²) < 4.78 is 7.63. The van der Waals surface area contributed by atoms with E-state index in [2.05, 4.69) is 31.2 Å². The van der Waals surface area contributed by atoms with E-state index in [1.54, 1.807) is 6.20 Å². The van der Waals surface area contributed by atoms with E-state index in [9.17, 15) is 4.79 Å². The molecule has 1 aromatic heterocycles. The van der Waals surface area contributed by atoms with Crippen molar-refractivity contribution in [1.82, 2.24) is 9.78 Å². The van der Waals surface area contributed by atoms with Gasteiger partial charge in [0.05, 0.1) is 6.54 Å².